The maximum atomic E-state index is 12.6. The number of phosphoric acid groups is 1. The minimum absolute atomic E-state index is 0.0170. The van der Waals surface area contributed by atoms with Gasteiger partial charge in [0.1, 0.15) is 13.2 Å². The lowest BCUT2D eigenvalue weighted by Gasteiger charge is -2.29. The molecule has 0 radical (unpaired) electrons. The highest BCUT2D eigenvalue weighted by molar-refractivity contribution is 7.45. The number of aliphatic hydroxyl groups is 1. The fourth-order valence-corrected chi connectivity index (χ4v) is 4.59. The van der Waals surface area contributed by atoms with E-state index >= 15 is 0 Å². The first-order valence-electron chi connectivity index (χ1n) is 16.2. The van der Waals surface area contributed by atoms with Crippen LogP contribution in [-0.4, -0.2) is 68.5 Å². The second-order valence-electron chi connectivity index (χ2n) is 11.8. The van der Waals surface area contributed by atoms with Crippen molar-refractivity contribution < 1.29 is 32.9 Å². The van der Waals surface area contributed by atoms with Gasteiger partial charge in [0.15, 0.2) is 0 Å². The number of allylic oxidation sites excluding steroid dienone is 9. The molecule has 0 aliphatic rings. The van der Waals surface area contributed by atoms with Crippen LogP contribution in [-0.2, 0) is 18.4 Å². The molecule has 248 valence electrons. The molecule has 2 N–H and O–H groups in total. The molecule has 43 heavy (non-hydrogen) atoms. The number of carbonyl (C=O) groups excluding carboxylic acids is 1. The Balaban J connectivity index is 4.77. The SMILES string of the molecule is CC/C=C\C/C=C\C/C=C\C/C=C\CCC(=O)NC(COP(=O)([O-])OCC[N+](C)(C)C)C(O)/C=C/CCCCCCCC. The monoisotopic (exact) mass is 624 g/mol. The Morgan fingerprint density at radius 3 is 2.02 bits per heavy atom. The Morgan fingerprint density at radius 1 is 0.837 bits per heavy atom. The fraction of sp³-hybridized carbons (Fsp3) is 0.676. The lowest BCUT2D eigenvalue weighted by atomic mass is 10.1. The van der Waals surface area contributed by atoms with Gasteiger partial charge in [-0.3, -0.25) is 9.36 Å². The molecular weight excluding hydrogens is 563 g/mol. The van der Waals surface area contributed by atoms with E-state index in [1.807, 2.05) is 39.4 Å². The first-order valence-corrected chi connectivity index (χ1v) is 17.6. The number of hydrogen-bond acceptors (Lipinski definition) is 6. The number of likely N-dealkylation sites (N-methyl/N-ethyl adjacent to an activating group) is 1. The van der Waals surface area contributed by atoms with Gasteiger partial charge in [0.2, 0.25) is 5.91 Å². The molecule has 0 bridgehead atoms. The summed E-state index contributed by atoms with van der Waals surface area (Å²) in [4.78, 5) is 24.9. The zero-order chi connectivity index (χ0) is 32.2. The Hall–Kier alpha value is -1.80. The van der Waals surface area contributed by atoms with E-state index in [0.717, 1.165) is 44.9 Å². The van der Waals surface area contributed by atoms with Crippen LogP contribution in [0.4, 0.5) is 0 Å². The first kappa shape index (κ1) is 41.2. The van der Waals surface area contributed by atoms with Gasteiger partial charge >= 0.3 is 0 Å². The largest absolute Gasteiger partial charge is 0.756 e. The van der Waals surface area contributed by atoms with Crippen LogP contribution in [0.15, 0.2) is 60.8 Å². The number of hydrogen-bond donors (Lipinski definition) is 2. The van der Waals surface area contributed by atoms with Gasteiger partial charge in [-0.15, -0.1) is 0 Å². The lowest BCUT2D eigenvalue weighted by Crippen LogP contribution is -2.45. The summed E-state index contributed by atoms with van der Waals surface area (Å²) in [6, 6.07) is -0.921. The normalized spacial score (nSPS) is 15.8. The van der Waals surface area contributed by atoms with Gasteiger partial charge in [0.25, 0.3) is 7.82 Å². The van der Waals surface area contributed by atoms with Crippen LogP contribution in [0.5, 0.6) is 0 Å². The predicted octanol–water partition coefficient (Wildman–Crippen LogP) is 6.93. The van der Waals surface area contributed by atoms with E-state index in [-0.39, 0.29) is 18.9 Å². The molecule has 3 atom stereocenters. The van der Waals surface area contributed by atoms with E-state index in [1.165, 1.54) is 25.7 Å². The van der Waals surface area contributed by atoms with Gasteiger partial charge in [-0.25, -0.2) is 0 Å². The number of carbonyl (C=O) groups is 1. The molecule has 1 amide bonds. The average molecular weight is 625 g/mol. The van der Waals surface area contributed by atoms with Crippen LogP contribution in [0.2, 0.25) is 0 Å². The lowest BCUT2D eigenvalue weighted by molar-refractivity contribution is -0.870. The van der Waals surface area contributed by atoms with Crippen LogP contribution in [0.1, 0.15) is 97.3 Å². The molecular formula is C34H61N2O6P. The van der Waals surface area contributed by atoms with Crippen LogP contribution < -0.4 is 10.2 Å². The second kappa shape index (κ2) is 26.6. The van der Waals surface area contributed by atoms with E-state index in [9.17, 15) is 19.4 Å². The molecule has 0 aromatic heterocycles. The molecule has 0 rings (SSSR count). The third-order valence-electron chi connectivity index (χ3n) is 6.50. The van der Waals surface area contributed by atoms with Crippen molar-refractivity contribution in [3.63, 3.8) is 0 Å². The number of nitrogens with one attached hydrogen (secondary N) is 1. The van der Waals surface area contributed by atoms with Crippen molar-refractivity contribution in [2.75, 3.05) is 40.9 Å². The number of rotatable bonds is 27. The van der Waals surface area contributed by atoms with Gasteiger partial charge in [0.05, 0.1) is 39.9 Å². The number of unbranched alkanes of at least 4 members (excludes halogenated alkanes) is 6. The summed E-state index contributed by atoms with van der Waals surface area (Å²) in [5.41, 5.74) is 0. The quantitative estimate of drug-likeness (QED) is 0.0444. The zero-order valence-corrected chi connectivity index (χ0v) is 28.5. The highest BCUT2D eigenvalue weighted by Gasteiger charge is 2.23. The third-order valence-corrected chi connectivity index (χ3v) is 7.46. The Morgan fingerprint density at radius 2 is 1.42 bits per heavy atom. The number of quaternary nitrogens is 1. The van der Waals surface area contributed by atoms with Crippen LogP contribution >= 0.6 is 7.82 Å². The molecule has 3 unspecified atom stereocenters. The zero-order valence-electron chi connectivity index (χ0n) is 27.6. The maximum absolute atomic E-state index is 12.6. The van der Waals surface area contributed by atoms with Crippen molar-refractivity contribution in [3.05, 3.63) is 60.8 Å². The van der Waals surface area contributed by atoms with Crippen molar-refractivity contribution in [1.29, 1.82) is 0 Å². The van der Waals surface area contributed by atoms with Crippen LogP contribution in [0, 0.1) is 0 Å². The molecule has 0 aliphatic carbocycles. The third kappa shape index (κ3) is 28.7. The number of amides is 1. The van der Waals surface area contributed by atoms with E-state index in [4.69, 9.17) is 9.05 Å². The summed E-state index contributed by atoms with van der Waals surface area (Å²) >= 11 is 0. The highest BCUT2D eigenvalue weighted by Crippen LogP contribution is 2.38. The summed E-state index contributed by atoms with van der Waals surface area (Å²) in [5, 5.41) is 13.5. The second-order valence-corrected chi connectivity index (χ2v) is 13.2. The van der Waals surface area contributed by atoms with Gasteiger partial charge in [0, 0.05) is 6.42 Å². The minimum atomic E-state index is -4.59. The number of nitrogens with zero attached hydrogens (tertiary/aromatic N) is 1. The summed E-state index contributed by atoms with van der Waals surface area (Å²) in [7, 11) is 1.20. The van der Waals surface area contributed by atoms with Crippen LogP contribution in [0.25, 0.3) is 0 Å². The topological polar surface area (TPSA) is 108 Å². The summed E-state index contributed by atoms with van der Waals surface area (Å²) in [6.07, 6.45) is 31.5. The average Bonchev–Trinajstić information content (AvgIpc) is 2.94. The summed E-state index contributed by atoms with van der Waals surface area (Å²) in [5.74, 6) is -0.286. The molecule has 9 heteroatoms. The molecule has 0 saturated heterocycles. The Bertz CT molecular complexity index is 892. The fourth-order valence-electron chi connectivity index (χ4n) is 3.86. The molecule has 0 spiro atoms. The van der Waals surface area contributed by atoms with Crippen molar-refractivity contribution in [2.24, 2.45) is 0 Å². The maximum Gasteiger partial charge on any atom is 0.268 e. The number of aliphatic hydroxyl groups excluding tert-OH is 1. The van der Waals surface area contributed by atoms with Crippen molar-refractivity contribution in [3.8, 4) is 0 Å². The molecule has 0 fully saturated rings. The van der Waals surface area contributed by atoms with E-state index in [0.29, 0.717) is 17.4 Å². The predicted molar refractivity (Wildman–Crippen MR) is 177 cm³/mol. The van der Waals surface area contributed by atoms with E-state index in [2.05, 4.69) is 55.6 Å². The minimum Gasteiger partial charge on any atom is -0.756 e. The van der Waals surface area contributed by atoms with Crippen molar-refractivity contribution in [1.82, 2.24) is 5.32 Å². The molecule has 8 nitrogen and oxygen atoms in total. The highest BCUT2D eigenvalue weighted by atomic mass is 31.2. The van der Waals surface area contributed by atoms with Gasteiger partial charge in [-0.2, -0.15) is 0 Å². The summed E-state index contributed by atoms with van der Waals surface area (Å²) in [6.45, 7) is 4.37. The van der Waals surface area contributed by atoms with E-state index in [1.54, 1.807) is 6.08 Å². The van der Waals surface area contributed by atoms with Gasteiger partial charge in [-0.05, 0) is 44.9 Å². The van der Waals surface area contributed by atoms with Crippen LogP contribution in [0.3, 0.4) is 0 Å². The first-order chi connectivity index (χ1) is 20.5. The van der Waals surface area contributed by atoms with Gasteiger partial charge < -0.3 is 28.8 Å². The molecule has 0 saturated carbocycles. The van der Waals surface area contributed by atoms with Gasteiger partial charge in [-0.1, -0.05) is 107 Å². The smallest absolute Gasteiger partial charge is 0.268 e. The van der Waals surface area contributed by atoms with E-state index < -0.39 is 26.6 Å². The Kier molecular flexibility index (Phi) is 25.5. The van der Waals surface area contributed by atoms with Crippen molar-refractivity contribution >= 4 is 13.7 Å². The molecule has 0 heterocycles. The van der Waals surface area contributed by atoms with Crippen molar-refractivity contribution in [2.45, 2.75) is 109 Å². The number of phosphoric ester groups is 1. The molecule has 0 aromatic rings. The molecule has 0 aliphatic heterocycles. The standard InChI is InChI=1S/C34H61N2O6P/c1-6-8-10-12-14-16-17-18-19-20-22-24-26-28-34(38)35-32(31-42-43(39,40)41-30-29-36(3,4)5)33(37)27-25-23-21-15-13-11-9-7-2/h8,10,14,16,18-19,22,24-25,27,32-33,37H,6-7,9,11-13,15,17,20-21,23,26,28-31H2,1-5H3,(H-,35,38,39,40)/b10-8-,16-14-,19-18-,24-22-,27-25+. The molecule has 0 aromatic carbocycles. The Labute approximate surface area is 262 Å². The summed E-state index contributed by atoms with van der Waals surface area (Å²) < 4.78 is 22.9.